The molecule has 188 valence electrons. The summed E-state index contributed by atoms with van der Waals surface area (Å²) in [6, 6.07) is 16.4. The number of aliphatic hydroxyl groups is 1. The van der Waals surface area contributed by atoms with Gasteiger partial charge in [0.1, 0.15) is 11.5 Å². The van der Waals surface area contributed by atoms with Crippen LogP contribution in [0.3, 0.4) is 0 Å². The van der Waals surface area contributed by atoms with E-state index in [1.807, 2.05) is 0 Å². The van der Waals surface area contributed by atoms with Crippen molar-refractivity contribution < 1.29 is 33.9 Å². The fourth-order valence-electron chi connectivity index (χ4n) is 4.10. The molecule has 37 heavy (non-hydrogen) atoms. The predicted octanol–water partition coefficient (Wildman–Crippen LogP) is 4.41. The Morgan fingerprint density at radius 1 is 1.03 bits per heavy atom. The van der Waals surface area contributed by atoms with Crippen molar-refractivity contribution in [3.63, 3.8) is 0 Å². The van der Waals surface area contributed by atoms with Crippen LogP contribution in [-0.2, 0) is 14.3 Å². The van der Waals surface area contributed by atoms with Crippen LogP contribution >= 0.6 is 0 Å². The van der Waals surface area contributed by atoms with Crippen LogP contribution < -0.4 is 9.64 Å². The van der Waals surface area contributed by atoms with Gasteiger partial charge in [-0.15, -0.1) is 0 Å². The highest BCUT2D eigenvalue weighted by Crippen LogP contribution is 2.43. The molecule has 0 radical (unpaired) electrons. The summed E-state index contributed by atoms with van der Waals surface area (Å²) >= 11 is 0. The second kappa shape index (κ2) is 10.3. The van der Waals surface area contributed by atoms with Gasteiger partial charge in [0.05, 0.1) is 35.8 Å². The highest BCUT2D eigenvalue weighted by molar-refractivity contribution is 6.51. The van der Waals surface area contributed by atoms with E-state index in [1.54, 1.807) is 19.1 Å². The Morgan fingerprint density at radius 2 is 1.68 bits per heavy atom. The summed E-state index contributed by atoms with van der Waals surface area (Å²) in [6.45, 7) is 1.86. The molecule has 0 aliphatic carbocycles. The summed E-state index contributed by atoms with van der Waals surface area (Å²) in [7, 11) is 1.48. The van der Waals surface area contributed by atoms with Crippen molar-refractivity contribution in [2.75, 3.05) is 18.6 Å². The number of benzene rings is 3. The van der Waals surface area contributed by atoms with E-state index < -0.39 is 34.4 Å². The van der Waals surface area contributed by atoms with Crippen molar-refractivity contribution in [3.8, 4) is 5.75 Å². The molecule has 1 saturated heterocycles. The first-order valence-electron chi connectivity index (χ1n) is 11.2. The third-order valence-electron chi connectivity index (χ3n) is 5.86. The smallest absolute Gasteiger partial charge is 0.338 e. The van der Waals surface area contributed by atoms with Gasteiger partial charge in [0.15, 0.2) is 0 Å². The van der Waals surface area contributed by atoms with Gasteiger partial charge in [-0.2, -0.15) is 0 Å². The largest absolute Gasteiger partial charge is 0.507 e. The summed E-state index contributed by atoms with van der Waals surface area (Å²) in [6.07, 6.45) is 0. The number of non-ortho nitro benzene ring substituents is 1. The Balaban J connectivity index is 1.88. The molecule has 1 heterocycles. The number of carbonyl (C=O) groups excluding carboxylic acids is 3. The third kappa shape index (κ3) is 4.76. The van der Waals surface area contributed by atoms with Gasteiger partial charge in [0.25, 0.3) is 17.4 Å². The van der Waals surface area contributed by atoms with Crippen molar-refractivity contribution in [2.45, 2.75) is 13.0 Å². The van der Waals surface area contributed by atoms with E-state index in [1.165, 1.54) is 67.8 Å². The lowest BCUT2D eigenvalue weighted by atomic mass is 9.94. The zero-order chi connectivity index (χ0) is 26.7. The SMILES string of the molecule is CCOC(=O)c1ccc(N2C(=O)C(=O)C(=C(O)c3ccc(OC)cc3)C2c2cccc([N+](=O)[O-])c2)cc1. The molecule has 1 atom stereocenters. The van der Waals surface area contributed by atoms with Gasteiger partial charge in [0.2, 0.25) is 0 Å². The van der Waals surface area contributed by atoms with E-state index in [4.69, 9.17) is 9.47 Å². The Kier molecular flexibility index (Phi) is 7.01. The van der Waals surface area contributed by atoms with Gasteiger partial charge in [-0.25, -0.2) is 4.79 Å². The number of hydrogen-bond acceptors (Lipinski definition) is 8. The number of rotatable bonds is 7. The number of nitrogens with zero attached hydrogens (tertiary/aromatic N) is 2. The zero-order valence-corrected chi connectivity index (χ0v) is 19.9. The van der Waals surface area contributed by atoms with Crippen LogP contribution in [0.2, 0.25) is 0 Å². The number of aliphatic hydroxyl groups excluding tert-OH is 1. The zero-order valence-electron chi connectivity index (χ0n) is 19.9. The number of esters is 1. The lowest BCUT2D eigenvalue weighted by molar-refractivity contribution is -0.384. The minimum Gasteiger partial charge on any atom is -0.507 e. The first-order chi connectivity index (χ1) is 17.8. The quantitative estimate of drug-likeness (QED) is 0.125. The lowest BCUT2D eigenvalue weighted by Gasteiger charge is -2.25. The summed E-state index contributed by atoms with van der Waals surface area (Å²) in [5, 5.41) is 22.6. The van der Waals surface area contributed by atoms with Crippen LogP contribution in [0.15, 0.2) is 78.4 Å². The Labute approximate surface area is 211 Å². The van der Waals surface area contributed by atoms with Crippen LogP contribution in [0, 0.1) is 10.1 Å². The van der Waals surface area contributed by atoms with Gasteiger partial charge >= 0.3 is 5.97 Å². The monoisotopic (exact) mass is 502 g/mol. The molecule has 1 aliphatic rings. The first-order valence-corrected chi connectivity index (χ1v) is 11.2. The Bertz CT molecular complexity index is 1410. The van der Waals surface area contributed by atoms with Crippen LogP contribution in [0.5, 0.6) is 5.75 Å². The standard InChI is InChI=1S/C27H22N2O8/c1-3-37-27(33)17-7-11-19(12-8-17)28-23(18-5-4-6-20(15-18)29(34)35)22(25(31)26(28)32)24(30)16-9-13-21(36-2)14-10-16/h4-15,23,30H,3H2,1-2H3. The molecular weight excluding hydrogens is 480 g/mol. The number of hydrogen-bond donors (Lipinski definition) is 1. The van der Waals surface area contributed by atoms with E-state index in [2.05, 4.69) is 0 Å². The van der Waals surface area contributed by atoms with E-state index in [0.29, 0.717) is 5.75 Å². The molecule has 1 fully saturated rings. The van der Waals surface area contributed by atoms with Crippen molar-refractivity contribution >= 4 is 34.8 Å². The molecule has 0 saturated carbocycles. The summed E-state index contributed by atoms with van der Waals surface area (Å²) in [4.78, 5) is 50.6. The number of amides is 1. The number of carbonyl (C=O) groups is 3. The van der Waals surface area contributed by atoms with Crippen molar-refractivity contribution in [3.05, 3.63) is 105 Å². The van der Waals surface area contributed by atoms with E-state index in [-0.39, 0.29) is 40.2 Å². The molecule has 1 unspecified atom stereocenters. The van der Waals surface area contributed by atoms with E-state index in [9.17, 15) is 29.6 Å². The van der Waals surface area contributed by atoms with Gasteiger partial charge in [-0.3, -0.25) is 24.6 Å². The van der Waals surface area contributed by atoms with Crippen LogP contribution in [-0.4, -0.2) is 41.4 Å². The number of nitro groups is 1. The molecule has 4 rings (SSSR count). The maximum absolute atomic E-state index is 13.3. The minimum absolute atomic E-state index is 0.188. The van der Waals surface area contributed by atoms with Gasteiger partial charge in [-0.1, -0.05) is 12.1 Å². The topological polar surface area (TPSA) is 136 Å². The van der Waals surface area contributed by atoms with Crippen LogP contribution in [0.25, 0.3) is 5.76 Å². The fourth-order valence-corrected chi connectivity index (χ4v) is 4.10. The first kappa shape index (κ1) is 25.1. The molecule has 0 spiro atoms. The maximum atomic E-state index is 13.3. The van der Waals surface area contributed by atoms with E-state index in [0.717, 1.165) is 4.90 Å². The predicted molar refractivity (Wildman–Crippen MR) is 133 cm³/mol. The maximum Gasteiger partial charge on any atom is 0.338 e. The second-order valence-electron chi connectivity index (χ2n) is 8.02. The van der Waals surface area contributed by atoms with Gasteiger partial charge in [-0.05, 0) is 61.0 Å². The average Bonchev–Trinajstić information content (AvgIpc) is 3.18. The molecule has 3 aromatic carbocycles. The summed E-state index contributed by atoms with van der Waals surface area (Å²) < 4.78 is 10.1. The highest BCUT2D eigenvalue weighted by atomic mass is 16.6. The molecule has 1 N–H and O–H groups in total. The average molecular weight is 502 g/mol. The number of nitro benzene ring substituents is 1. The number of Topliss-reactive ketones (excluding diaryl/α,β-unsaturated/α-hetero) is 1. The number of ketones is 1. The highest BCUT2D eigenvalue weighted by Gasteiger charge is 2.47. The fraction of sp³-hybridized carbons (Fsp3) is 0.148. The third-order valence-corrected chi connectivity index (χ3v) is 5.86. The van der Waals surface area contributed by atoms with Gasteiger partial charge in [0, 0.05) is 23.4 Å². The van der Waals surface area contributed by atoms with Crippen molar-refractivity contribution in [1.82, 2.24) is 0 Å². The minimum atomic E-state index is -1.17. The van der Waals surface area contributed by atoms with Crippen LogP contribution in [0.4, 0.5) is 11.4 Å². The van der Waals surface area contributed by atoms with Crippen LogP contribution in [0.1, 0.15) is 34.5 Å². The molecular formula is C27H22N2O8. The number of methoxy groups -OCH3 is 1. The summed E-state index contributed by atoms with van der Waals surface area (Å²) in [5.74, 6) is -2.36. The Morgan fingerprint density at radius 3 is 2.27 bits per heavy atom. The number of ether oxygens (including phenoxy) is 2. The molecule has 10 heteroatoms. The number of anilines is 1. The van der Waals surface area contributed by atoms with E-state index >= 15 is 0 Å². The molecule has 1 amide bonds. The molecule has 1 aliphatic heterocycles. The second-order valence-corrected chi connectivity index (χ2v) is 8.02. The Hall–Kier alpha value is -4.99. The lowest BCUT2D eigenvalue weighted by Crippen LogP contribution is -2.29. The van der Waals surface area contributed by atoms with Gasteiger partial charge < -0.3 is 14.6 Å². The summed E-state index contributed by atoms with van der Waals surface area (Å²) in [5.41, 5.74) is 0.521. The van der Waals surface area contributed by atoms with Crippen molar-refractivity contribution in [1.29, 1.82) is 0 Å². The van der Waals surface area contributed by atoms with Crippen molar-refractivity contribution in [2.24, 2.45) is 0 Å². The normalized spacial score (nSPS) is 16.5. The molecule has 0 aromatic heterocycles. The molecule has 10 nitrogen and oxygen atoms in total. The molecule has 0 bridgehead atoms. The molecule has 3 aromatic rings.